The molecule has 7 nitrogen and oxygen atoms in total. The zero-order chi connectivity index (χ0) is 23.0. The van der Waals surface area contributed by atoms with E-state index in [2.05, 4.69) is 11.6 Å². The largest absolute Gasteiger partial charge is 0.443 e. The Hall–Kier alpha value is -2.83. The Balaban J connectivity index is 2.02. The molecule has 31 heavy (non-hydrogen) atoms. The first-order valence-corrected chi connectivity index (χ1v) is 10.7. The number of amides is 2. The summed E-state index contributed by atoms with van der Waals surface area (Å²) in [5, 5.41) is 0. The van der Waals surface area contributed by atoms with Crippen molar-refractivity contribution in [3.05, 3.63) is 48.2 Å². The van der Waals surface area contributed by atoms with Crippen LogP contribution in [-0.2, 0) is 16.0 Å². The van der Waals surface area contributed by atoms with Crippen molar-refractivity contribution in [1.29, 1.82) is 0 Å². The van der Waals surface area contributed by atoms with Crippen LogP contribution in [0.2, 0.25) is 0 Å². The second kappa shape index (κ2) is 8.36. The highest BCUT2D eigenvalue weighted by atomic mass is 16.6. The molecule has 1 saturated heterocycles. The lowest BCUT2D eigenvalue weighted by Crippen LogP contribution is -2.41. The maximum atomic E-state index is 13.1. The molecule has 1 aliphatic carbocycles. The van der Waals surface area contributed by atoms with Gasteiger partial charge in [0.1, 0.15) is 11.2 Å². The van der Waals surface area contributed by atoms with Gasteiger partial charge in [-0.15, -0.1) is 4.99 Å². The molecule has 2 amide bonds. The Labute approximate surface area is 184 Å². The molecule has 2 fully saturated rings. The van der Waals surface area contributed by atoms with Gasteiger partial charge >= 0.3 is 12.2 Å². The molecule has 1 atom stereocenters. The minimum absolute atomic E-state index is 0.131. The first-order valence-electron chi connectivity index (χ1n) is 10.7. The van der Waals surface area contributed by atoms with Crippen LogP contribution in [0, 0.1) is 5.92 Å². The summed E-state index contributed by atoms with van der Waals surface area (Å²) in [6.07, 6.45) is 0.729. The first kappa shape index (κ1) is 22.8. The van der Waals surface area contributed by atoms with E-state index < -0.39 is 23.4 Å². The number of guanidine groups is 1. The highest BCUT2D eigenvalue weighted by molar-refractivity contribution is 6.03. The molecule has 1 aromatic carbocycles. The molecule has 1 aliphatic heterocycles. The maximum Gasteiger partial charge on any atom is 0.437 e. The zero-order valence-corrected chi connectivity index (χ0v) is 19.3. The molecular weight excluding hydrogens is 394 g/mol. The van der Waals surface area contributed by atoms with Crippen molar-refractivity contribution in [1.82, 2.24) is 9.80 Å². The third-order valence-electron chi connectivity index (χ3n) is 4.85. The van der Waals surface area contributed by atoms with Crippen molar-refractivity contribution in [2.75, 3.05) is 0 Å². The van der Waals surface area contributed by atoms with Gasteiger partial charge in [-0.2, -0.15) is 0 Å². The summed E-state index contributed by atoms with van der Waals surface area (Å²) in [7, 11) is 0. The predicted octanol–water partition coefficient (Wildman–Crippen LogP) is 5.32. The topological polar surface area (TPSA) is 71.4 Å². The van der Waals surface area contributed by atoms with Crippen LogP contribution in [0.1, 0.15) is 59.9 Å². The molecule has 0 aromatic heterocycles. The highest BCUT2D eigenvalue weighted by Crippen LogP contribution is 2.44. The van der Waals surface area contributed by atoms with Gasteiger partial charge in [0.2, 0.25) is 5.96 Å². The lowest BCUT2D eigenvalue weighted by atomic mass is 10.1. The number of benzene rings is 1. The monoisotopic (exact) mass is 427 g/mol. The summed E-state index contributed by atoms with van der Waals surface area (Å²) >= 11 is 0. The SMILES string of the molecule is C=C1C(C2CC2)N(Cc2ccccc2)/C(=N/C(=O)OC(C)(C)C)N1C(=O)OC(C)(C)C. The Morgan fingerprint density at radius 1 is 1.03 bits per heavy atom. The molecule has 1 unspecified atom stereocenters. The van der Waals surface area contributed by atoms with Crippen LogP contribution >= 0.6 is 0 Å². The van der Waals surface area contributed by atoms with Crippen LogP contribution in [0.4, 0.5) is 9.59 Å². The van der Waals surface area contributed by atoms with Crippen LogP contribution < -0.4 is 0 Å². The maximum absolute atomic E-state index is 13.1. The van der Waals surface area contributed by atoms with Gasteiger partial charge in [0.25, 0.3) is 0 Å². The molecule has 2 aliphatic rings. The number of carbonyl (C=O) groups is 2. The zero-order valence-electron chi connectivity index (χ0n) is 19.3. The molecule has 1 saturated carbocycles. The fraction of sp³-hybridized carbons (Fsp3) is 0.542. The summed E-state index contributed by atoms with van der Waals surface area (Å²) in [5.74, 6) is 0.557. The number of ether oxygens (including phenoxy) is 2. The third kappa shape index (κ3) is 5.87. The van der Waals surface area contributed by atoms with Gasteiger partial charge in [0.15, 0.2) is 0 Å². The molecule has 1 aromatic rings. The summed E-state index contributed by atoms with van der Waals surface area (Å²) in [6, 6.07) is 9.76. The molecule has 0 bridgehead atoms. The van der Waals surface area contributed by atoms with Crippen molar-refractivity contribution in [3.8, 4) is 0 Å². The standard InChI is InChI=1S/C24H33N3O4/c1-16-19(18-13-14-18)26(15-17-11-9-8-10-12-17)20(25-21(28)30-23(2,3)4)27(16)22(29)31-24(5,6)7/h8-12,18-19H,1,13-15H2,2-7H3/b25-20-. The molecule has 0 spiro atoms. The molecule has 7 heteroatoms. The predicted molar refractivity (Wildman–Crippen MR) is 119 cm³/mol. The van der Waals surface area contributed by atoms with E-state index in [1.165, 1.54) is 4.90 Å². The quantitative estimate of drug-likeness (QED) is 0.653. The molecule has 3 rings (SSSR count). The summed E-state index contributed by atoms with van der Waals surface area (Å²) in [5.41, 5.74) is 0.225. The summed E-state index contributed by atoms with van der Waals surface area (Å²) in [6.45, 7) is 15.4. The van der Waals surface area contributed by atoms with E-state index in [-0.39, 0.29) is 12.0 Å². The van der Waals surface area contributed by atoms with Gasteiger partial charge in [-0.3, -0.25) is 0 Å². The van der Waals surface area contributed by atoms with Gasteiger partial charge in [0, 0.05) is 12.2 Å². The van der Waals surface area contributed by atoms with Crippen LogP contribution in [-0.4, -0.2) is 45.2 Å². The van der Waals surface area contributed by atoms with Gasteiger partial charge in [-0.1, -0.05) is 36.9 Å². The van der Waals surface area contributed by atoms with Gasteiger partial charge in [-0.25, -0.2) is 14.5 Å². The normalized spacial score (nSPS) is 20.9. The number of aliphatic imine (C=N–C) groups is 1. The van der Waals surface area contributed by atoms with E-state index in [4.69, 9.17) is 9.47 Å². The van der Waals surface area contributed by atoms with Crippen molar-refractivity contribution in [2.24, 2.45) is 10.9 Å². The highest BCUT2D eigenvalue weighted by Gasteiger charge is 2.50. The molecule has 1 heterocycles. The van der Waals surface area contributed by atoms with Crippen molar-refractivity contribution in [2.45, 2.75) is 78.2 Å². The van der Waals surface area contributed by atoms with Crippen LogP contribution in [0.25, 0.3) is 0 Å². The fourth-order valence-corrected chi connectivity index (χ4v) is 3.57. The Morgan fingerprint density at radius 2 is 1.61 bits per heavy atom. The van der Waals surface area contributed by atoms with Gasteiger partial charge in [-0.05, 0) is 65.9 Å². The van der Waals surface area contributed by atoms with Crippen LogP contribution in [0.3, 0.4) is 0 Å². The average Bonchev–Trinajstić information content (AvgIpc) is 3.39. The Morgan fingerprint density at radius 3 is 2.13 bits per heavy atom. The third-order valence-corrected chi connectivity index (χ3v) is 4.85. The number of nitrogens with zero attached hydrogens (tertiary/aromatic N) is 3. The minimum atomic E-state index is -0.752. The lowest BCUT2D eigenvalue weighted by Gasteiger charge is -2.27. The lowest BCUT2D eigenvalue weighted by molar-refractivity contribution is 0.0413. The van der Waals surface area contributed by atoms with Crippen molar-refractivity contribution >= 4 is 18.1 Å². The molecule has 0 N–H and O–H groups in total. The van der Waals surface area contributed by atoms with E-state index in [1.54, 1.807) is 41.5 Å². The molecule has 168 valence electrons. The average molecular weight is 428 g/mol. The van der Waals surface area contributed by atoms with E-state index in [9.17, 15) is 9.59 Å². The molecule has 0 radical (unpaired) electrons. The van der Waals surface area contributed by atoms with Crippen molar-refractivity contribution < 1.29 is 19.1 Å². The first-order chi connectivity index (χ1) is 14.4. The number of rotatable bonds is 3. The van der Waals surface area contributed by atoms with Gasteiger partial charge < -0.3 is 14.4 Å². The Kier molecular flexibility index (Phi) is 6.16. The summed E-state index contributed by atoms with van der Waals surface area (Å²) in [4.78, 5) is 33.3. The van der Waals surface area contributed by atoms with Crippen LogP contribution in [0.5, 0.6) is 0 Å². The smallest absolute Gasteiger partial charge is 0.437 e. The van der Waals surface area contributed by atoms with E-state index >= 15 is 0 Å². The fourth-order valence-electron chi connectivity index (χ4n) is 3.57. The van der Waals surface area contributed by atoms with E-state index in [0.717, 1.165) is 18.4 Å². The van der Waals surface area contributed by atoms with Crippen molar-refractivity contribution in [3.63, 3.8) is 0 Å². The number of hydrogen-bond donors (Lipinski definition) is 0. The molecular formula is C24H33N3O4. The van der Waals surface area contributed by atoms with E-state index in [1.807, 2.05) is 35.2 Å². The second-order valence-electron chi connectivity index (χ2n) is 10.1. The van der Waals surface area contributed by atoms with Gasteiger partial charge in [0.05, 0.1) is 6.04 Å². The second-order valence-corrected chi connectivity index (χ2v) is 10.1. The van der Waals surface area contributed by atoms with Crippen LogP contribution in [0.15, 0.2) is 47.6 Å². The Bertz CT molecular complexity index is 876. The van der Waals surface area contributed by atoms with E-state index in [0.29, 0.717) is 18.2 Å². The minimum Gasteiger partial charge on any atom is -0.443 e. The number of carbonyl (C=O) groups excluding carboxylic acids is 2. The summed E-state index contributed by atoms with van der Waals surface area (Å²) < 4.78 is 11.0. The number of hydrogen-bond acceptors (Lipinski definition) is 4.